The predicted molar refractivity (Wildman–Crippen MR) is 35.1 cm³/mol. The van der Waals surface area contributed by atoms with Gasteiger partial charge in [0.15, 0.2) is 0 Å². The van der Waals surface area contributed by atoms with Gasteiger partial charge in [-0.05, 0) is 25.7 Å². The van der Waals surface area contributed by atoms with Crippen molar-refractivity contribution >= 4 is 12.0 Å². The second-order valence-electron chi connectivity index (χ2n) is 1.78. The van der Waals surface area contributed by atoms with E-state index >= 15 is 0 Å². The summed E-state index contributed by atoms with van der Waals surface area (Å²) in [5.41, 5.74) is 7.98. The first kappa shape index (κ1) is 7.16. The Bertz CT molecular complexity index is 176. The minimum atomic E-state index is -0.285. The molecule has 0 heterocycles. The van der Waals surface area contributed by atoms with Crippen LogP contribution in [0, 0.1) is 31.6 Å². The normalized spacial score (nSPS) is 18.4. The molecule has 5 radical (unpaired) electrons. The molecule has 0 amide bonds. The summed E-state index contributed by atoms with van der Waals surface area (Å²) < 4.78 is 0. The maximum absolute atomic E-state index is 10.8. The molecule has 0 aromatic heterocycles. The maximum atomic E-state index is 10.8. The zero-order valence-electron chi connectivity index (χ0n) is 5.19. The summed E-state index contributed by atoms with van der Waals surface area (Å²) in [6, 6.07) is 0. The fourth-order valence-corrected chi connectivity index (χ4v) is 0.665. The Morgan fingerprint density at radius 3 is 2.60 bits per heavy atom. The highest BCUT2D eigenvalue weighted by atomic mass is 16.1. The Morgan fingerprint density at radius 2 is 2.10 bits per heavy atom. The number of hydrogen-bond acceptors (Lipinski definition) is 1. The number of Topliss-reactive ketones (excluding diaryl/α,β-unsaturated/α-hetero) is 1. The van der Waals surface area contributed by atoms with Gasteiger partial charge in [0.05, 0.1) is 5.92 Å². The largest absolute Gasteiger partial charge is 0.361 e. The van der Waals surface area contributed by atoms with Crippen LogP contribution in [0.1, 0.15) is 0 Å². The summed E-state index contributed by atoms with van der Waals surface area (Å²) in [5.74, 6) is 0.255. The van der Waals surface area contributed by atoms with E-state index in [1.165, 1.54) is 0 Å². The Kier molecular flexibility index (Phi) is 2.35. The van der Waals surface area contributed by atoms with Crippen LogP contribution in [0.2, 0.25) is 0 Å². The smallest absolute Gasteiger partial charge is 0.323 e. The quantitative estimate of drug-likeness (QED) is 0.303. The summed E-state index contributed by atoms with van der Waals surface area (Å²) >= 11 is 0. The third kappa shape index (κ3) is 1.52. The van der Waals surface area contributed by atoms with Crippen LogP contribution in [-0.4, -0.2) is 16.8 Å². The molecule has 1 aliphatic carbocycles. The number of carbonyl (C=O) groups is 1. The lowest BCUT2D eigenvalue weighted by Gasteiger charge is -1.94. The molecule has 0 saturated heterocycles. The molecular formula is C7H5N2O. The highest BCUT2D eigenvalue weighted by Crippen LogP contribution is 2.22. The van der Waals surface area contributed by atoms with Gasteiger partial charge in [0.25, 0.3) is 0 Å². The van der Waals surface area contributed by atoms with E-state index in [1.54, 1.807) is 25.7 Å². The molecule has 1 saturated carbocycles. The van der Waals surface area contributed by atoms with Crippen molar-refractivity contribution in [3.63, 3.8) is 0 Å². The molecule has 0 aromatic rings. The molecular weight excluding hydrogens is 128 g/mol. The standard InChI is InChI=1S/C7H5N2O/c8-9-5-7(10)6-3-1-2-4-6/h1-5H. The fourth-order valence-electron chi connectivity index (χ4n) is 0.665. The summed E-state index contributed by atoms with van der Waals surface area (Å²) in [6.07, 6.45) is 7.68. The molecule has 0 aliphatic heterocycles. The third-order valence-corrected chi connectivity index (χ3v) is 1.12. The molecule has 3 heteroatoms. The average Bonchev–Trinajstić information content (AvgIpc) is 2.38. The number of hydrogen-bond donors (Lipinski definition) is 0. The SMILES string of the molecule is [N-]=[N+]=CC(=O)[C]1[CH][CH][CH][CH]1. The minimum absolute atomic E-state index is 0.285. The predicted octanol–water partition coefficient (Wildman–Crippen LogP) is 0.261. The molecule has 0 aromatic carbocycles. The molecule has 1 fully saturated rings. The van der Waals surface area contributed by atoms with E-state index in [4.69, 9.17) is 5.53 Å². The van der Waals surface area contributed by atoms with Gasteiger partial charge in [0.2, 0.25) is 5.78 Å². The van der Waals surface area contributed by atoms with Crippen LogP contribution in [0.4, 0.5) is 0 Å². The van der Waals surface area contributed by atoms with Crippen LogP contribution in [-0.2, 0) is 4.79 Å². The first-order valence-corrected chi connectivity index (χ1v) is 2.78. The van der Waals surface area contributed by atoms with Gasteiger partial charge in [0.1, 0.15) is 0 Å². The second-order valence-corrected chi connectivity index (χ2v) is 1.78. The van der Waals surface area contributed by atoms with E-state index < -0.39 is 0 Å². The Hall–Kier alpha value is -0.950. The van der Waals surface area contributed by atoms with Crippen molar-refractivity contribution in [2.75, 3.05) is 0 Å². The Morgan fingerprint density at radius 1 is 1.50 bits per heavy atom. The maximum Gasteiger partial charge on any atom is 0.323 e. The van der Waals surface area contributed by atoms with E-state index in [-0.39, 0.29) is 5.78 Å². The van der Waals surface area contributed by atoms with Gasteiger partial charge in [-0.25, -0.2) is 0 Å². The fraction of sp³-hybridized carbons (Fsp3) is 0. The average molecular weight is 133 g/mol. The van der Waals surface area contributed by atoms with Crippen LogP contribution in [0.15, 0.2) is 0 Å². The van der Waals surface area contributed by atoms with Crippen LogP contribution in [0.3, 0.4) is 0 Å². The molecule has 0 bridgehead atoms. The highest BCUT2D eigenvalue weighted by Gasteiger charge is 2.25. The summed E-state index contributed by atoms with van der Waals surface area (Å²) in [5, 5.41) is 0. The lowest BCUT2D eigenvalue weighted by molar-refractivity contribution is -0.113. The number of ketones is 1. The van der Waals surface area contributed by atoms with Crippen molar-refractivity contribution in [3.8, 4) is 0 Å². The zero-order valence-corrected chi connectivity index (χ0v) is 5.19. The molecule has 0 unspecified atom stereocenters. The molecule has 1 aliphatic rings. The second kappa shape index (κ2) is 3.28. The van der Waals surface area contributed by atoms with Gasteiger partial charge in [-0.1, -0.05) is 0 Å². The molecule has 0 spiro atoms. The highest BCUT2D eigenvalue weighted by molar-refractivity contribution is 6.33. The lowest BCUT2D eigenvalue weighted by Crippen LogP contribution is -2.10. The van der Waals surface area contributed by atoms with Crippen molar-refractivity contribution in [1.29, 1.82) is 0 Å². The molecule has 49 valence electrons. The zero-order chi connectivity index (χ0) is 7.40. The first-order valence-electron chi connectivity index (χ1n) is 2.78. The van der Waals surface area contributed by atoms with E-state index in [9.17, 15) is 4.79 Å². The van der Waals surface area contributed by atoms with Crippen LogP contribution >= 0.6 is 0 Å². The van der Waals surface area contributed by atoms with Crippen LogP contribution in [0.5, 0.6) is 0 Å². The third-order valence-electron chi connectivity index (χ3n) is 1.12. The number of carbonyl (C=O) groups excluding carboxylic acids is 1. The van der Waals surface area contributed by atoms with Crippen molar-refractivity contribution < 1.29 is 9.58 Å². The summed E-state index contributed by atoms with van der Waals surface area (Å²) in [7, 11) is 0. The lowest BCUT2D eigenvalue weighted by atomic mass is 10.0. The minimum Gasteiger partial charge on any atom is -0.361 e. The van der Waals surface area contributed by atoms with Crippen molar-refractivity contribution in [2.24, 2.45) is 0 Å². The molecule has 10 heavy (non-hydrogen) atoms. The molecule has 0 atom stereocenters. The van der Waals surface area contributed by atoms with Crippen molar-refractivity contribution in [3.05, 3.63) is 37.1 Å². The van der Waals surface area contributed by atoms with E-state index in [2.05, 4.69) is 4.79 Å². The van der Waals surface area contributed by atoms with E-state index in [0.717, 1.165) is 6.21 Å². The Balaban J connectivity index is 2.47. The van der Waals surface area contributed by atoms with Crippen LogP contribution in [0.25, 0.3) is 5.53 Å². The van der Waals surface area contributed by atoms with Gasteiger partial charge in [0, 0.05) is 0 Å². The van der Waals surface area contributed by atoms with E-state index in [1.807, 2.05) is 0 Å². The molecule has 0 N–H and O–H groups in total. The van der Waals surface area contributed by atoms with Crippen LogP contribution < -0.4 is 0 Å². The van der Waals surface area contributed by atoms with Gasteiger partial charge in [-0.3, -0.25) is 4.79 Å². The van der Waals surface area contributed by atoms with Crippen molar-refractivity contribution in [2.45, 2.75) is 0 Å². The molecule has 3 nitrogen and oxygen atoms in total. The summed E-state index contributed by atoms with van der Waals surface area (Å²) in [6.45, 7) is 0. The molecule has 1 rings (SSSR count). The monoisotopic (exact) mass is 133 g/mol. The van der Waals surface area contributed by atoms with Gasteiger partial charge in [-0.15, -0.1) is 0 Å². The van der Waals surface area contributed by atoms with Gasteiger partial charge >= 0.3 is 6.21 Å². The van der Waals surface area contributed by atoms with E-state index in [0.29, 0.717) is 5.92 Å². The first-order chi connectivity index (χ1) is 4.84. The van der Waals surface area contributed by atoms with Crippen molar-refractivity contribution in [1.82, 2.24) is 0 Å². The number of nitrogens with zero attached hydrogens (tertiary/aromatic N) is 2. The summed E-state index contributed by atoms with van der Waals surface area (Å²) in [4.78, 5) is 13.4. The topological polar surface area (TPSA) is 53.5 Å². The number of rotatable bonds is 2. The van der Waals surface area contributed by atoms with Gasteiger partial charge in [-0.2, -0.15) is 4.79 Å². The Labute approximate surface area is 59.7 Å². The van der Waals surface area contributed by atoms with Gasteiger partial charge < -0.3 is 5.53 Å².